The number of rotatable bonds is 4. The molecule has 0 aliphatic heterocycles. The van der Waals surface area contributed by atoms with Gasteiger partial charge >= 0.3 is 0 Å². The van der Waals surface area contributed by atoms with E-state index in [1.165, 1.54) is 0 Å². The third kappa shape index (κ3) is 2.62. The van der Waals surface area contributed by atoms with Crippen LogP contribution in [-0.2, 0) is 4.79 Å². The van der Waals surface area contributed by atoms with Crippen molar-refractivity contribution in [2.45, 2.75) is 11.8 Å². The Hall–Kier alpha value is -1.89. The zero-order chi connectivity index (χ0) is 12.1. The van der Waals surface area contributed by atoms with E-state index in [0.29, 0.717) is 0 Å². The first kappa shape index (κ1) is 11.6. The molecule has 0 aliphatic rings. The summed E-state index contributed by atoms with van der Waals surface area (Å²) in [5, 5.41) is 0. The molecule has 2 atom stereocenters. The van der Waals surface area contributed by atoms with Gasteiger partial charge in [0.05, 0.1) is 0 Å². The fourth-order valence-electron chi connectivity index (χ4n) is 1.99. The molecule has 0 aliphatic carbocycles. The molecule has 0 amide bonds. The van der Waals surface area contributed by atoms with E-state index in [0.717, 1.165) is 17.4 Å². The Kier molecular flexibility index (Phi) is 3.71. The number of carbonyl (C=O) groups is 1. The molecular formula is C16H15O. The molecule has 0 heterocycles. The number of benzene rings is 2. The highest BCUT2D eigenvalue weighted by Crippen LogP contribution is 2.30. The maximum atomic E-state index is 11.3. The molecule has 0 saturated heterocycles. The molecule has 0 saturated carbocycles. The van der Waals surface area contributed by atoms with Crippen LogP contribution in [0.25, 0.3) is 0 Å². The lowest BCUT2D eigenvalue weighted by molar-refractivity contribution is -0.109. The first-order valence-corrected chi connectivity index (χ1v) is 5.71. The highest BCUT2D eigenvalue weighted by Gasteiger charge is 2.19. The van der Waals surface area contributed by atoms with Crippen LogP contribution in [0.15, 0.2) is 60.7 Å². The van der Waals surface area contributed by atoms with E-state index >= 15 is 0 Å². The van der Waals surface area contributed by atoms with E-state index in [1.54, 1.807) is 0 Å². The van der Waals surface area contributed by atoms with Crippen LogP contribution in [0, 0.1) is 6.92 Å². The van der Waals surface area contributed by atoms with Gasteiger partial charge in [-0.3, -0.25) is 0 Å². The average molecular weight is 223 g/mol. The first-order valence-electron chi connectivity index (χ1n) is 5.71. The summed E-state index contributed by atoms with van der Waals surface area (Å²) in [6.07, 6.45) is 0.986. The molecule has 2 aromatic carbocycles. The van der Waals surface area contributed by atoms with Crippen LogP contribution >= 0.6 is 0 Å². The zero-order valence-corrected chi connectivity index (χ0v) is 9.62. The van der Waals surface area contributed by atoms with E-state index in [1.807, 2.05) is 60.7 Å². The lowest BCUT2D eigenvalue weighted by Gasteiger charge is -2.19. The summed E-state index contributed by atoms with van der Waals surface area (Å²) < 4.78 is 0. The Bertz CT molecular complexity index is 461. The number of aldehydes is 1. The molecule has 2 rings (SSSR count). The minimum absolute atomic E-state index is 0.0453. The molecule has 0 spiro atoms. The van der Waals surface area contributed by atoms with Crippen LogP contribution in [0.5, 0.6) is 0 Å². The second-order valence-corrected chi connectivity index (χ2v) is 4.09. The minimum atomic E-state index is -0.182. The molecule has 1 heteroatoms. The lowest BCUT2D eigenvalue weighted by Crippen LogP contribution is -2.09. The van der Waals surface area contributed by atoms with Gasteiger partial charge < -0.3 is 4.79 Å². The van der Waals surface area contributed by atoms with Gasteiger partial charge in [0.15, 0.2) is 0 Å². The van der Waals surface area contributed by atoms with E-state index in [2.05, 4.69) is 6.92 Å². The normalized spacial score (nSPS) is 13.9. The molecule has 2 unspecified atom stereocenters. The number of hydrogen-bond donors (Lipinski definition) is 0. The van der Waals surface area contributed by atoms with Crippen molar-refractivity contribution in [1.82, 2.24) is 0 Å². The van der Waals surface area contributed by atoms with E-state index in [-0.39, 0.29) is 11.8 Å². The van der Waals surface area contributed by atoms with Gasteiger partial charge in [-0.25, -0.2) is 0 Å². The SMILES string of the molecule is [CH2]C(c1ccccc1)C(C=O)c1ccccc1. The fourth-order valence-corrected chi connectivity index (χ4v) is 1.99. The molecule has 85 valence electrons. The number of carbonyl (C=O) groups excluding carboxylic acids is 1. The van der Waals surface area contributed by atoms with Crippen molar-refractivity contribution in [2.75, 3.05) is 0 Å². The topological polar surface area (TPSA) is 17.1 Å². The van der Waals surface area contributed by atoms with Crippen LogP contribution in [0.2, 0.25) is 0 Å². The van der Waals surface area contributed by atoms with Gasteiger partial charge in [-0.15, -0.1) is 0 Å². The predicted octanol–water partition coefficient (Wildman–Crippen LogP) is 3.59. The van der Waals surface area contributed by atoms with E-state index in [9.17, 15) is 4.79 Å². The van der Waals surface area contributed by atoms with E-state index in [4.69, 9.17) is 0 Å². The summed E-state index contributed by atoms with van der Waals surface area (Å²) >= 11 is 0. The maximum absolute atomic E-state index is 11.3. The molecule has 0 fully saturated rings. The fraction of sp³-hybridized carbons (Fsp3) is 0.125. The molecule has 2 aromatic rings. The maximum Gasteiger partial charge on any atom is 0.128 e. The van der Waals surface area contributed by atoms with Crippen LogP contribution in [-0.4, -0.2) is 6.29 Å². The lowest BCUT2D eigenvalue weighted by atomic mass is 9.84. The van der Waals surface area contributed by atoms with Crippen molar-refractivity contribution in [3.8, 4) is 0 Å². The van der Waals surface area contributed by atoms with Gasteiger partial charge in [0.1, 0.15) is 6.29 Å². The van der Waals surface area contributed by atoms with Crippen LogP contribution in [0.1, 0.15) is 23.0 Å². The summed E-state index contributed by atoms with van der Waals surface area (Å²) in [6, 6.07) is 19.7. The Balaban J connectivity index is 2.28. The minimum Gasteiger partial charge on any atom is -0.303 e. The monoisotopic (exact) mass is 223 g/mol. The van der Waals surface area contributed by atoms with Gasteiger partial charge in [0, 0.05) is 5.92 Å². The van der Waals surface area contributed by atoms with Crippen molar-refractivity contribution in [1.29, 1.82) is 0 Å². The highest BCUT2D eigenvalue weighted by atomic mass is 16.1. The summed E-state index contributed by atoms with van der Waals surface area (Å²) in [5.74, 6) is -0.227. The van der Waals surface area contributed by atoms with Gasteiger partial charge in [-0.05, 0) is 24.0 Å². The summed E-state index contributed by atoms with van der Waals surface area (Å²) in [6.45, 7) is 4.12. The summed E-state index contributed by atoms with van der Waals surface area (Å²) in [7, 11) is 0. The molecule has 0 aromatic heterocycles. The third-order valence-corrected chi connectivity index (χ3v) is 2.99. The van der Waals surface area contributed by atoms with Gasteiger partial charge in [-0.2, -0.15) is 0 Å². The van der Waals surface area contributed by atoms with Crippen LogP contribution < -0.4 is 0 Å². The smallest absolute Gasteiger partial charge is 0.128 e. The van der Waals surface area contributed by atoms with Crippen molar-refractivity contribution in [3.63, 3.8) is 0 Å². The van der Waals surface area contributed by atoms with Crippen molar-refractivity contribution >= 4 is 6.29 Å². The number of hydrogen-bond acceptors (Lipinski definition) is 1. The molecule has 17 heavy (non-hydrogen) atoms. The second-order valence-electron chi connectivity index (χ2n) is 4.09. The van der Waals surface area contributed by atoms with Crippen molar-refractivity contribution in [3.05, 3.63) is 78.7 Å². The van der Waals surface area contributed by atoms with Crippen LogP contribution in [0.3, 0.4) is 0 Å². The molecule has 1 radical (unpaired) electrons. The summed E-state index contributed by atoms with van der Waals surface area (Å²) in [5.41, 5.74) is 2.11. The first-order chi connectivity index (χ1) is 8.33. The Labute approximate surface area is 102 Å². The Morgan fingerprint density at radius 3 is 1.76 bits per heavy atom. The molecule has 0 bridgehead atoms. The summed E-state index contributed by atoms with van der Waals surface area (Å²) in [4.78, 5) is 11.3. The van der Waals surface area contributed by atoms with Gasteiger partial charge in [-0.1, -0.05) is 60.7 Å². The van der Waals surface area contributed by atoms with Gasteiger partial charge in [0.2, 0.25) is 0 Å². The third-order valence-electron chi connectivity index (χ3n) is 2.99. The second kappa shape index (κ2) is 5.44. The van der Waals surface area contributed by atoms with Crippen molar-refractivity contribution in [2.24, 2.45) is 0 Å². The Morgan fingerprint density at radius 1 is 0.824 bits per heavy atom. The van der Waals surface area contributed by atoms with Crippen molar-refractivity contribution < 1.29 is 4.79 Å². The van der Waals surface area contributed by atoms with Gasteiger partial charge in [0.25, 0.3) is 0 Å². The van der Waals surface area contributed by atoms with E-state index < -0.39 is 0 Å². The van der Waals surface area contributed by atoms with Crippen LogP contribution in [0.4, 0.5) is 0 Å². The molecular weight excluding hydrogens is 208 g/mol. The standard InChI is InChI=1S/C16H15O/c1-13(14-8-4-2-5-9-14)16(12-17)15-10-6-3-7-11-15/h2-13,16H,1H2. The Morgan fingerprint density at radius 2 is 1.29 bits per heavy atom. The zero-order valence-electron chi connectivity index (χ0n) is 9.62. The predicted molar refractivity (Wildman–Crippen MR) is 69.8 cm³/mol. The quantitative estimate of drug-likeness (QED) is 0.724. The highest BCUT2D eigenvalue weighted by molar-refractivity contribution is 5.64. The largest absolute Gasteiger partial charge is 0.303 e. The molecule has 0 N–H and O–H groups in total. The average Bonchev–Trinajstić information content (AvgIpc) is 2.42. The molecule has 1 nitrogen and oxygen atoms in total.